The molecule has 2 fully saturated rings. The Balaban J connectivity index is 2.15. The van der Waals surface area contributed by atoms with Gasteiger partial charge >= 0.3 is 0 Å². The topological polar surface area (TPSA) is 81.1 Å². The molecule has 0 saturated carbocycles. The standard InChI is InChI=1S/C12H14N2O4S2/c1-13-9(16)11(19)5-6-3-2-4-7(15)8(6)14(11)10(17)12(13,18)20/h2-4,7-8,15,18-20H,5H2,1H3/t7?,8?,11-,12-/m0/s1. The van der Waals surface area contributed by atoms with Gasteiger partial charge in [-0.15, -0.1) is 25.3 Å². The summed E-state index contributed by atoms with van der Waals surface area (Å²) < 4.78 is 0. The second-order valence-corrected chi connectivity index (χ2v) is 6.59. The molecule has 20 heavy (non-hydrogen) atoms. The van der Waals surface area contributed by atoms with Gasteiger partial charge < -0.3 is 15.1 Å². The lowest BCUT2D eigenvalue weighted by Crippen LogP contribution is -2.72. The second kappa shape index (κ2) is 4.03. The Bertz CT molecular complexity index is 574. The molecule has 2 aliphatic heterocycles. The molecule has 2 unspecified atom stereocenters. The summed E-state index contributed by atoms with van der Waals surface area (Å²) in [6.07, 6.45) is 4.24. The number of rotatable bonds is 0. The summed E-state index contributed by atoms with van der Waals surface area (Å²) in [5, 5.41) is 18.0. The van der Waals surface area contributed by atoms with Gasteiger partial charge in [-0.2, -0.15) is 0 Å². The first-order valence-corrected chi connectivity index (χ1v) is 6.95. The number of aliphatic hydroxyl groups excluding tert-OH is 1. The van der Waals surface area contributed by atoms with Crippen LogP contribution in [0.2, 0.25) is 0 Å². The van der Waals surface area contributed by atoms with Gasteiger partial charge in [0.05, 0.1) is 12.1 Å². The van der Waals surface area contributed by atoms with Crippen LogP contribution in [0, 0.1) is 0 Å². The van der Waals surface area contributed by atoms with Crippen LogP contribution in [-0.2, 0) is 9.59 Å². The van der Waals surface area contributed by atoms with Gasteiger partial charge in [-0.25, -0.2) is 0 Å². The molecule has 0 bridgehead atoms. The highest BCUT2D eigenvalue weighted by Crippen LogP contribution is 2.49. The van der Waals surface area contributed by atoms with Crippen molar-refractivity contribution >= 4 is 37.1 Å². The largest absolute Gasteiger partial charge is 0.387 e. The molecule has 0 aromatic rings. The monoisotopic (exact) mass is 314 g/mol. The van der Waals surface area contributed by atoms with E-state index in [0.717, 1.165) is 15.4 Å². The zero-order valence-electron chi connectivity index (χ0n) is 10.6. The Kier molecular flexibility index (Phi) is 2.82. The Morgan fingerprint density at radius 1 is 1.35 bits per heavy atom. The molecule has 2 N–H and O–H groups in total. The summed E-state index contributed by atoms with van der Waals surface area (Å²) in [7, 11) is 1.30. The van der Waals surface area contributed by atoms with Crippen molar-refractivity contribution in [2.75, 3.05) is 7.05 Å². The van der Waals surface area contributed by atoms with Crippen molar-refractivity contribution in [2.24, 2.45) is 0 Å². The third-order valence-electron chi connectivity index (χ3n) is 4.07. The van der Waals surface area contributed by atoms with Crippen LogP contribution in [-0.4, -0.2) is 60.9 Å². The maximum Gasteiger partial charge on any atom is 0.289 e. The zero-order valence-corrected chi connectivity index (χ0v) is 12.4. The summed E-state index contributed by atoms with van der Waals surface area (Å²) in [5.41, 5.74) is 0.733. The summed E-state index contributed by atoms with van der Waals surface area (Å²) in [4.78, 5) is 25.6. The molecule has 2 heterocycles. The van der Waals surface area contributed by atoms with Crippen LogP contribution >= 0.6 is 25.3 Å². The van der Waals surface area contributed by atoms with Gasteiger partial charge in [-0.1, -0.05) is 18.2 Å². The lowest BCUT2D eigenvalue weighted by atomic mass is 9.97. The summed E-state index contributed by atoms with van der Waals surface area (Å²) in [6, 6.07) is -0.693. The molecular formula is C12H14N2O4S2. The molecule has 2 amide bonds. The highest BCUT2D eigenvalue weighted by Gasteiger charge is 2.65. The second-order valence-electron chi connectivity index (χ2n) is 5.23. The van der Waals surface area contributed by atoms with E-state index in [9.17, 15) is 19.8 Å². The number of piperazine rings is 1. The molecule has 2 saturated heterocycles. The Hall–Kier alpha value is -0.960. The number of nitrogens with zero attached hydrogens (tertiary/aromatic N) is 2. The Labute approximate surface area is 126 Å². The van der Waals surface area contributed by atoms with Crippen LogP contribution in [0.25, 0.3) is 0 Å². The van der Waals surface area contributed by atoms with Crippen LogP contribution in [0.3, 0.4) is 0 Å². The summed E-state index contributed by atoms with van der Waals surface area (Å²) >= 11 is 8.27. The normalized spacial score (nSPS) is 43.5. The molecule has 108 valence electrons. The number of hydrogen-bond acceptors (Lipinski definition) is 6. The number of amides is 2. The van der Waals surface area contributed by atoms with Crippen molar-refractivity contribution < 1.29 is 19.8 Å². The zero-order chi connectivity index (χ0) is 14.9. The van der Waals surface area contributed by atoms with E-state index in [1.165, 1.54) is 13.1 Å². The Morgan fingerprint density at radius 3 is 2.65 bits per heavy atom. The first-order valence-electron chi connectivity index (χ1n) is 6.05. The van der Waals surface area contributed by atoms with Gasteiger partial charge in [0.1, 0.15) is 0 Å². The van der Waals surface area contributed by atoms with Gasteiger partial charge in [-0.05, 0) is 5.57 Å². The van der Waals surface area contributed by atoms with Crippen LogP contribution in [0.1, 0.15) is 6.42 Å². The maximum absolute atomic E-state index is 12.5. The molecule has 3 aliphatic rings. The molecule has 8 heteroatoms. The van der Waals surface area contributed by atoms with Gasteiger partial charge in [0, 0.05) is 13.5 Å². The van der Waals surface area contributed by atoms with Gasteiger partial charge in [0.15, 0.2) is 4.87 Å². The van der Waals surface area contributed by atoms with Crippen molar-refractivity contribution in [1.82, 2.24) is 9.80 Å². The first kappa shape index (κ1) is 14.0. The van der Waals surface area contributed by atoms with E-state index in [4.69, 9.17) is 0 Å². The van der Waals surface area contributed by atoms with E-state index >= 15 is 0 Å². The SMILES string of the molecule is CN1C(=O)[C@@]2(S)CC3=CC=CC(O)C3N2C(=O)[C@]1(O)S. The summed E-state index contributed by atoms with van der Waals surface area (Å²) in [5.74, 6) is -1.29. The summed E-state index contributed by atoms with van der Waals surface area (Å²) in [6.45, 7) is 0. The lowest BCUT2D eigenvalue weighted by Gasteiger charge is -2.49. The number of allylic oxidation sites excluding steroid dienone is 2. The average Bonchev–Trinajstić information content (AvgIpc) is 2.70. The number of carbonyl (C=O) groups excluding carboxylic acids is 2. The average molecular weight is 314 g/mol. The van der Waals surface area contributed by atoms with E-state index < -0.39 is 33.9 Å². The van der Waals surface area contributed by atoms with E-state index in [0.29, 0.717) is 0 Å². The molecule has 0 aromatic heterocycles. The fourth-order valence-corrected chi connectivity index (χ4v) is 3.73. The predicted molar refractivity (Wildman–Crippen MR) is 76.9 cm³/mol. The van der Waals surface area contributed by atoms with Gasteiger partial charge in [-0.3, -0.25) is 14.5 Å². The Morgan fingerprint density at radius 2 is 2.00 bits per heavy atom. The molecule has 0 spiro atoms. The number of aliphatic hydroxyl groups is 2. The first-order chi connectivity index (χ1) is 9.21. The van der Waals surface area contributed by atoms with Crippen LogP contribution < -0.4 is 0 Å². The third-order valence-corrected chi connectivity index (χ3v) is 5.13. The predicted octanol–water partition coefficient (Wildman–Crippen LogP) is -0.882. The molecule has 3 rings (SSSR count). The molecule has 6 nitrogen and oxygen atoms in total. The fourth-order valence-electron chi connectivity index (χ4n) is 2.99. The minimum atomic E-state index is -2.24. The van der Waals surface area contributed by atoms with Crippen LogP contribution in [0.4, 0.5) is 0 Å². The van der Waals surface area contributed by atoms with Crippen molar-refractivity contribution in [1.29, 1.82) is 0 Å². The molecule has 4 atom stereocenters. The van der Waals surface area contributed by atoms with E-state index in [-0.39, 0.29) is 6.42 Å². The van der Waals surface area contributed by atoms with Crippen molar-refractivity contribution in [3.8, 4) is 0 Å². The lowest BCUT2D eigenvalue weighted by molar-refractivity contribution is -0.182. The highest BCUT2D eigenvalue weighted by molar-refractivity contribution is 7.83. The molecule has 0 aromatic carbocycles. The van der Waals surface area contributed by atoms with Gasteiger partial charge in [0.25, 0.3) is 16.9 Å². The number of hydrogen-bond donors (Lipinski definition) is 4. The molecule has 1 aliphatic carbocycles. The third kappa shape index (κ3) is 1.50. The van der Waals surface area contributed by atoms with Crippen LogP contribution in [0.15, 0.2) is 23.8 Å². The molecule has 0 radical (unpaired) electrons. The number of thiol groups is 2. The van der Waals surface area contributed by atoms with E-state index in [2.05, 4.69) is 25.3 Å². The highest BCUT2D eigenvalue weighted by atomic mass is 32.1. The number of fused-ring (bicyclic) bond motifs is 3. The van der Waals surface area contributed by atoms with E-state index in [1.807, 2.05) is 0 Å². The van der Waals surface area contributed by atoms with E-state index in [1.54, 1.807) is 12.2 Å². The molecular weight excluding hydrogens is 300 g/mol. The number of likely N-dealkylation sites (N-methyl/N-ethyl adjacent to an activating group) is 1. The minimum absolute atomic E-state index is 0.209. The van der Waals surface area contributed by atoms with Crippen molar-refractivity contribution in [2.45, 2.75) is 28.5 Å². The minimum Gasteiger partial charge on any atom is -0.387 e. The maximum atomic E-state index is 12.5. The smallest absolute Gasteiger partial charge is 0.289 e. The van der Waals surface area contributed by atoms with Crippen LogP contribution in [0.5, 0.6) is 0 Å². The number of carbonyl (C=O) groups is 2. The fraction of sp³-hybridized carbons (Fsp3) is 0.500. The van der Waals surface area contributed by atoms with Crippen molar-refractivity contribution in [3.05, 3.63) is 23.8 Å². The van der Waals surface area contributed by atoms with Crippen molar-refractivity contribution in [3.63, 3.8) is 0 Å². The van der Waals surface area contributed by atoms with Gasteiger partial charge in [0.2, 0.25) is 0 Å². The quantitative estimate of drug-likeness (QED) is 0.346.